The van der Waals surface area contributed by atoms with Crippen LogP contribution in [0.2, 0.25) is 0 Å². The number of hydrogen-bond donors (Lipinski definition) is 1. The first kappa shape index (κ1) is 16.8. The zero-order valence-corrected chi connectivity index (χ0v) is 15.6. The summed E-state index contributed by atoms with van der Waals surface area (Å²) in [4.78, 5) is 12.1. The van der Waals surface area contributed by atoms with E-state index in [0.717, 1.165) is 29.8 Å². The Morgan fingerprint density at radius 2 is 1.73 bits per heavy atom. The molecule has 134 valence electrons. The Kier molecular flexibility index (Phi) is 4.27. The fraction of sp³-hybridized carbons (Fsp3) is 0.364. The second-order valence-electron chi connectivity index (χ2n) is 7.76. The molecule has 0 amide bonds. The van der Waals surface area contributed by atoms with Crippen molar-refractivity contribution in [3.8, 4) is 17.1 Å². The lowest BCUT2D eigenvalue weighted by molar-refractivity contribution is 0.356. The highest BCUT2D eigenvalue weighted by molar-refractivity contribution is 5.92. The van der Waals surface area contributed by atoms with Gasteiger partial charge in [0.15, 0.2) is 5.82 Å². The van der Waals surface area contributed by atoms with Gasteiger partial charge in [0.05, 0.1) is 11.1 Å². The Morgan fingerprint density at radius 1 is 1.00 bits per heavy atom. The van der Waals surface area contributed by atoms with Gasteiger partial charge in [-0.1, -0.05) is 32.0 Å². The predicted octanol–water partition coefficient (Wildman–Crippen LogP) is 4.79. The van der Waals surface area contributed by atoms with Crippen LogP contribution in [0, 0.1) is 18.8 Å². The number of nitrogens with zero attached hydrogens (tertiary/aromatic N) is 3. The van der Waals surface area contributed by atoms with E-state index in [1.807, 2.05) is 18.2 Å². The molecule has 1 aromatic heterocycles. The topological polar surface area (TPSA) is 49.2 Å². The van der Waals surface area contributed by atoms with Crippen molar-refractivity contribution in [2.75, 3.05) is 18.0 Å². The molecule has 2 aromatic carbocycles. The van der Waals surface area contributed by atoms with Gasteiger partial charge in [-0.25, -0.2) is 9.97 Å². The summed E-state index contributed by atoms with van der Waals surface area (Å²) in [6.07, 6.45) is 1.25. The van der Waals surface area contributed by atoms with Gasteiger partial charge >= 0.3 is 0 Å². The molecule has 2 heterocycles. The van der Waals surface area contributed by atoms with Gasteiger partial charge in [-0.2, -0.15) is 0 Å². The molecule has 26 heavy (non-hydrogen) atoms. The van der Waals surface area contributed by atoms with Crippen LogP contribution in [0.5, 0.6) is 5.75 Å². The summed E-state index contributed by atoms with van der Waals surface area (Å²) in [5.74, 6) is 3.06. The van der Waals surface area contributed by atoms with Gasteiger partial charge in [0.25, 0.3) is 0 Å². The van der Waals surface area contributed by atoms with E-state index in [2.05, 4.69) is 43.9 Å². The fourth-order valence-electron chi connectivity index (χ4n) is 4.08. The number of piperidine rings is 1. The predicted molar refractivity (Wildman–Crippen MR) is 107 cm³/mol. The monoisotopic (exact) mass is 347 g/mol. The number of benzene rings is 2. The molecular formula is C22H25N3O. The van der Waals surface area contributed by atoms with Crippen molar-refractivity contribution in [1.82, 2.24) is 9.97 Å². The van der Waals surface area contributed by atoms with Crippen molar-refractivity contribution >= 4 is 16.7 Å². The molecule has 0 spiro atoms. The van der Waals surface area contributed by atoms with Gasteiger partial charge in [0.2, 0.25) is 0 Å². The number of anilines is 1. The van der Waals surface area contributed by atoms with Gasteiger partial charge in [-0.05, 0) is 55.0 Å². The van der Waals surface area contributed by atoms with Crippen LogP contribution in [0.4, 0.5) is 5.82 Å². The van der Waals surface area contributed by atoms with Gasteiger partial charge in [0.1, 0.15) is 11.6 Å². The fourth-order valence-corrected chi connectivity index (χ4v) is 4.08. The molecule has 4 nitrogen and oxygen atoms in total. The number of aromatic nitrogens is 2. The van der Waals surface area contributed by atoms with Gasteiger partial charge in [-0.3, -0.25) is 0 Å². The highest BCUT2D eigenvalue weighted by atomic mass is 16.3. The third kappa shape index (κ3) is 3.12. The summed E-state index contributed by atoms with van der Waals surface area (Å²) in [5, 5.41) is 11.4. The van der Waals surface area contributed by atoms with Crippen molar-refractivity contribution in [3.05, 3.63) is 48.0 Å². The van der Waals surface area contributed by atoms with Crippen LogP contribution in [-0.2, 0) is 0 Å². The van der Waals surface area contributed by atoms with E-state index in [1.165, 1.54) is 12.0 Å². The zero-order valence-electron chi connectivity index (χ0n) is 15.6. The first-order valence-electron chi connectivity index (χ1n) is 9.33. The molecule has 1 fully saturated rings. The zero-order chi connectivity index (χ0) is 18.3. The second kappa shape index (κ2) is 6.60. The Bertz CT molecular complexity index is 943. The largest absolute Gasteiger partial charge is 0.507 e. The maximum absolute atomic E-state index is 10.3. The van der Waals surface area contributed by atoms with Gasteiger partial charge in [-0.15, -0.1) is 0 Å². The number of aryl methyl sites for hydroxylation is 1. The van der Waals surface area contributed by atoms with Crippen molar-refractivity contribution in [2.45, 2.75) is 27.2 Å². The summed E-state index contributed by atoms with van der Waals surface area (Å²) in [6.45, 7) is 8.70. The summed E-state index contributed by atoms with van der Waals surface area (Å²) in [6, 6.07) is 13.6. The molecule has 0 bridgehead atoms. The molecular weight excluding hydrogens is 322 g/mol. The van der Waals surface area contributed by atoms with E-state index in [0.29, 0.717) is 23.2 Å². The first-order valence-corrected chi connectivity index (χ1v) is 9.33. The molecule has 1 N–H and O–H groups in total. The van der Waals surface area contributed by atoms with Crippen LogP contribution in [-0.4, -0.2) is 28.2 Å². The average molecular weight is 347 g/mol. The van der Waals surface area contributed by atoms with Gasteiger partial charge in [0, 0.05) is 18.5 Å². The first-order chi connectivity index (χ1) is 12.5. The second-order valence-corrected chi connectivity index (χ2v) is 7.76. The molecule has 0 radical (unpaired) electrons. The third-order valence-electron chi connectivity index (χ3n) is 5.15. The smallest absolute Gasteiger partial charge is 0.165 e. The minimum absolute atomic E-state index is 0.214. The average Bonchev–Trinajstić information content (AvgIpc) is 2.60. The van der Waals surface area contributed by atoms with E-state index in [1.54, 1.807) is 6.07 Å². The summed E-state index contributed by atoms with van der Waals surface area (Å²) in [7, 11) is 0. The number of para-hydroxylation sites is 1. The Balaban J connectivity index is 1.91. The van der Waals surface area contributed by atoms with Crippen LogP contribution in [0.3, 0.4) is 0 Å². The molecule has 2 atom stereocenters. The molecule has 0 saturated carbocycles. The number of rotatable bonds is 2. The molecule has 1 saturated heterocycles. The van der Waals surface area contributed by atoms with Crippen LogP contribution < -0.4 is 4.90 Å². The van der Waals surface area contributed by atoms with Gasteiger partial charge < -0.3 is 10.0 Å². The lowest BCUT2D eigenvalue weighted by Gasteiger charge is -2.36. The lowest BCUT2D eigenvalue weighted by atomic mass is 9.91. The number of phenols is 1. The summed E-state index contributed by atoms with van der Waals surface area (Å²) < 4.78 is 0. The molecule has 4 rings (SSSR count). The number of phenolic OH excluding ortho intramolecular Hbond substituents is 1. The molecule has 1 aliphatic rings. The number of fused-ring (bicyclic) bond motifs is 1. The molecule has 2 unspecified atom stereocenters. The highest BCUT2D eigenvalue weighted by Gasteiger charge is 2.25. The molecule has 1 aliphatic heterocycles. The number of aromatic hydroxyl groups is 1. The minimum atomic E-state index is 0.214. The summed E-state index contributed by atoms with van der Waals surface area (Å²) in [5.41, 5.74) is 2.78. The minimum Gasteiger partial charge on any atom is -0.507 e. The van der Waals surface area contributed by atoms with Crippen molar-refractivity contribution < 1.29 is 5.11 Å². The third-order valence-corrected chi connectivity index (χ3v) is 5.15. The van der Waals surface area contributed by atoms with E-state index in [4.69, 9.17) is 9.97 Å². The highest BCUT2D eigenvalue weighted by Crippen LogP contribution is 2.34. The normalized spacial score (nSPS) is 20.5. The van der Waals surface area contributed by atoms with E-state index in [9.17, 15) is 5.11 Å². The SMILES string of the molecule is Cc1ccc2c(N3CC(C)CC(C)C3)nc(-c3ccccc3O)nc2c1. The maximum atomic E-state index is 10.3. The summed E-state index contributed by atoms with van der Waals surface area (Å²) >= 11 is 0. The number of hydrogen-bond acceptors (Lipinski definition) is 4. The molecule has 0 aliphatic carbocycles. The maximum Gasteiger partial charge on any atom is 0.165 e. The van der Waals surface area contributed by atoms with Crippen LogP contribution in [0.1, 0.15) is 25.8 Å². The van der Waals surface area contributed by atoms with Crippen LogP contribution in [0.25, 0.3) is 22.3 Å². The Hall–Kier alpha value is -2.62. The van der Waals surface area contributed by atoms with E-state index < -0.39 is 0 Å². The van der Waals surface area contributed by atoms with Crippen LogP contribution >= 0.6 is 0 Å². The standard InChI is InChI=1S/C22H25N3O/c1-14-8-9-17-19(11-14)23-21(18-6-4-5-7-20(18)26)24-22(17)25-12-15(2)10-16(3)13-25/h4-9,11,15-16,26H,10,12-13H2,1-3H3. The lowest BCUT2D eigenvalue weighted by Crippen LogP contribution is -2.39. The van der Waals surface area contributed by atoms with E-state index >= 15 is 0 Å². The van der Waals surface area contributed by atoms with Crippen LogP contribution in [0.15, 0.2) is 42.5 Å². The Labute approximate surface area is 154 Å². The van der Waals surface area contributed by atoms with Crippen molar-refractivity contribution in [1.29, 1.82) is 0 Å². The molecule has 4 heteroatoms. The van der Waals surface area contributed by atoms with Crippen molar-refractivity contribution in [2.24, 2.45) is 11.8 Å². The quantitative estimate of drug-likeness (QED) is 0.724. The van der Waals surface area contributed by atoms with E-state index in [-0.39, 0.29) is 5.75 Å². The Morgan fingerprint density at radius 3 is 2.46 bits per heavy atom. The molecule has 3 aromatic rings. The van der Waals surface area contributed by atoms with Crippen molar-refractivity contribution in [3.63, 3.8) is 0 Å².